The number of ether oxygens (including phenoxy) is 1. The van der Waals surface area contributed by atoms with Crippen molar-refractivity contribution in [2.45, 2.75) is 72.8 Å². The van der Waals surface area contributed by atoms with Gasteiger partial charge in [0.25, 0.3) is 0 Å². The Kier molecular flexibility index (Phi) is 11.6. The minimum Gasteiger partial charge on any atom is -0.508 e. The second kappa shape index (κ2) is 14.4. The fraction of sp³-hybridized carbons (Fsp3) is 0.438. The van der Waals surface area contributed by atoms with Crippen LogP contribution in [0.15, 0.2) is 54.6 Å². The lowest BCUT2D eigenvalue weighted by Gasteiger charge is -2.30. The number of hydrogen-bond donors (Lipinski definition) is 2. The Balaban J connectivity index is 0.000000983. The molecule has 212 valence electrons. The van der Waals surface area contributed by atoms with Crippen molar-refractivity contribution in [3.05, 3.63) is 93.5 Å². The summed E-state index contributed by atoms with van der Waals surface area (Å²) in [6.45, 7) is 12.8. The van der Waals surface area contributed by atoms with Gasteiger partial charge in [0.05, 0.1) is 12.7 Å². The van der Waals surface area contributed by atoms with Crippen molar-refractivity contribution >= 4 is 20.2 Å². The van der Waals surface area contributed by atoms with Gasteiger partial charge in [0, 0.05) is 6.42 Å². The van der Waals surface area contributed by atoms with Gasteiger partial charge in [-0.15, -0.1) is 0 Å². The molecule has 0 amide bonds. The van der Waals surface area contributed by atoms with Crippen LogP contribution >= 0.6 is 20.2 Å². The molecule has 0 aliphatic carbocycles. The third kappa shape index (κ3) is 8.88. The number of rotatable bonds is 8. The van der Waals surface area contributed by atoms with Crippen LogP contribution in [0, 0.1) is 20.8 Å². The predicted molar refractivity (Wildman–Crippen MR) is 164 cm³/mol. The fourth-order valence-electron chi connectivity index (χ4n) is 4.59. The number of hydrogen-bond acceptors (Lipinski definition) is 6. The van der Waals surface area contributed by atoms with E-state index in [0.29, 0.717) is 24.5 Å². The van der Waals surface area contributed by atoms with Crippen LogP contribution in [0.25, 0.3) is 0 Å². The molecule has 1 heterocycles. The quantitative estimate of drug-likeness (QED) is 0.209. The summed E-state index contributed by atoms with van der Waals surface area (Å²) in [5, 5.41) is 10.1. The molecule has 1 saturated heterocycles. The standard InChI is InChI=1S/C29H35O5P.C3H8S/c1-19(2)26-16-23(9-10-28(26)30)17-27-21(4)14-25(15-22(27)5)32-18-35(31)33-12-11-29(34-35)24-8-6-7-20(3)13-24;1-2-3-4/h6-10,13-16,19,29-30H,11-12,17-18H2,1-5H3;4H,2-3H2,1H3/t29-,35+;/m0./s1. The largest absolute Gasteiger partial charge is 0.508 e. The first-order valence-electron chi connectivity index (χ1n) is 13.7. The number of phenols is 1. The van der Waals surface area contributed by atoms with Crippen molar-refractivity contribution in [2.75, 3.05) is 18.7 Å². The minimum absolute atomic E-state index is 0.122. The molecule has 5 nitrogen and oxygen atoms in total. The highest BCUT2D eigenvalue weighted by Gasteiger charge is 2.35. The van der Waals surface area contributed by atoms with Gasteiger partial charge in [-0.2, -0.15) is 12.6 Å². The van der Waals surface area contributed by atoms with Crippen molar-refractivity contribution in [1.82, 2.24) is 0 Å². The maximum Gasteiger partial charge on any atom is 0.368 e. The molecule has 1 aliphatic heterocycles. The van der Waals surface area contributed by atoms with E-state index in [1.165, 1.54) is 12.0 Å². The van der Waals surface area contributed by atoms with Crippen molar-refractivity contribution < 1.29 is 23.5 Å². The average molecular weight is 571 g/mol. The van der Waals surface area contributed by atoms with E-state index in [-0.39, 0.29) is 18.4 Å². The smallest absolute Gasteiger partial charge is 0.368 e. The van der Waals surface area contributed by atoms with Crippen LogP contribution < -0.4 is 4.74 Å². The summed E-state index contributed by atoms with van der Waals surface area (Å²) in [7, 11) is -3.38. The van der Waals surface area contributed by atoms with Crippen molar-refractivity contribution in [2.24, 2.45) is 0 Å². The van der Waals surface area contributed by atoms with Gasteiger partial charge in [0.1, 0.15) is 11.5 Å². The van der Waals surface area contributed by atoms with E-state index in [0.717, 1.165) is 45.6 Å². The van der Waals surface area contributed by atoms with Crippen molar-refractivity contribution in [3.63, 3.8) is 0 Å². The molecule has 2 atom stereocenters. The molecule has 0 radical (unpaired) electrons. The molecule has 1 fully saturated rings. The zero-order valence-corrected chi connectivity index (χ0v) is 25.9. The molecule has 0 saturated carbocycles. The highest BCUT2D eigenvalue weighted by molar-refractivity contribution is 7.80. The maximum atomic E-state index is 13.3. The Morgan fingerprint density at radius 2 is 1.77 bits per heavy atom. The van der Waals surface area contributed by atoms with Crippen LogP contribution in [0.4, 0.5) is 0 Å². The summed E-state index contributed by atoms with van der Waals surface area (Å²) in [6.07, 6.45) is 2.23. The van der Waals surface area contributed by atoms with Crippen LogP contribution in [-0.4, -0.2) is 23.8 Å². The average Bonchev–Trinajstić information content (AvgIpc) is 2.90. The molecule has 3 aromatic carbocycles. The molecule has 1 N–H and O–H groups in total. The van der Waals surface area contributed by atoms with Gasteiger partial charge in [-0.3, -0.25) is 9.09 Å². The molecule has 0 aromatic heterocycles. The van der Waals surface area contributed by atoms with Crippen LogP contribution in [0.2, 0.25) is 0 Å². The van der Waals surface area contributed by atoms with Gasteiger partial charge in [-0.25, -0.2) is 0 Å². The van der Waals surface area contributed by atoms with Gasteiger partial charge in [0.15, 0.2) is 6.35 Å². The molecule has 1 aliphatic rings. The topological polar surface area (TPSA) is 65.0 Å². The molecule has 3 aromatic rings. The SMILES string of the molecule is CCCS.Cc1cccc([C@@H]2CCO[P@](=O)(COc3cc(C)c(Cc4ccc(O)c(C(C)C)c4)c(C)c3)O2)c1. The summed E-state index contributed by atoms with van der Waals surface area (Å²) < 4.78 is 30.7. The first-order chi connectivity index (χ1) is 18.5. The molecule has 0 unspecified atom stereocenters. The Bertz CT molecular complexity index is 1260. The van der Waals surface area contributed by atoms with E-state index in [2.05, 4.69) is 59.4 Å². The van der Waals surface area contributed by atoms with Gasteiger partial charge in [0.2, 0.25) is 0 Å². The summed E-state index contributed by atoms with van der Waals surface area (Å²) in [4.78, 5) is 0. The molecule has 0 spiro atoms. The van der Waals surface area contributed by atoms with Crippen molar-refractivity contribution in [1.29, 1.82) is 0 Å². The fourth-order valence-corrected chi connectivity index (χ4v) is 6.09. The number of aromatic hydroxyl groups is 1. The Hall–Kier alpha value is -2.24. The summed E-state index contributed by atoms with van der Waals surface area (Å²) in [5.74, 6) is 2.26. The van der Waals surface area contributed by atoms with Crippen LogP contribution in [0.5, 0.6) is 11.5 Å². The normalized spacial score (nSPS) is 18.9. The Morgan fingerprint density at radius 1 is 1.08 bits per heavy atom. The molecular formula is C32H43O5PS. The third-order valence-electron chi connectivity index (χ3n) is 6.75. The number of thiol groups is 1. The molecular weight excluding hydrogens is 527 g/mol. The van der Waals surface area contributed by atoms with E-state index < -0.39 is 7.60 Å². The van der Waals surface area contributed by atoms with E-state index in [9.17, 15) is 9.67 Å². The number of phenolic OH excluding ortho intramolecular Hbond substituents is 1. The molecule has 39 heavy (non-hydrogen) atoms. The monoisotopic (exact) mass is 570 g/mol. The van der Waals surface area contributed by atoms with Crippen LogP contribution in [0.1, 0.15) is 84.6 Å². The predicted octanol–water partition coefficient (Wildman–Crippen LogP) is 9.07. The lowest BCUT2D eigenvalue weighted by atomic mass is 9.93. The maximum absolute atomic E-state index is 13.3. The number of aryl methyl sites for hydroxylation is 3. The third-order valence-corrected chi connectivity index (χ3v) is 8.79. The molecule has 0 bridgehead atoms. The van der Waals surface area contributed by atoms with Gasteiger partial charge >= 0.3 is 7.60 Å². The first kappa shape index (κ1) is 31.3. The van der Waals surface area contributed by atoms with Gasteiger partial charge < -0.3 is 14.4 Å². The van der Waals surface area contributed by atoms with Crippen molar-refractivity contribution in [3.8, 4) is 11.5 Å². The summed E-state index contributed by atoms with van der Waals surface area (Å²) in [5.41, 5.74) is 7.68. The van der Waals surface area contributed by atoms with E-state index >= 15 is 0 Å². The van der Waals surface area contributed by atoms with Gasteiger partial charge in [-0.1, -0.05) is 62.7 Å². The van der Waals surface area contributed by atoms with Gasteiger partial charge in [-0.05, 0) is 96.9 Å². The highest BCUT2D eigenvalue weighted by atomic mass is 32.1. The zero-order chi connectivity index (χ0) is 28.6. The molecule has 4 rings (SSSR count). The molecule has 7 heteroatoms. The second-order valence-electron chi connectivity index (χ2n) is 10.5. The lowest BCUT2D eigenvalue weighted by molar-refractivity contribution is 0.0725. The minimum atomic E-state index is -3.38. The lowest BCUT2D eigenvalue weighted by Crippen LogP contribution is -2.17. The number of benzene rings is 3. The second-order valence-corrected chi connectivity index (χ2v) is 12.9. The van der Waals surface area contributed by atoms with E-state index in [4.69, 9.17) is 13.8 Å². The van der Waals surface area contributed by atoms with E-state index in [1.807, 2.05) is 43.3 Å². The van der Waals surface area contributed by atoms with Crippen LogP contribution in [-0.2, 0) is 20.0 Å². The Morgan fingerprint density at radius 3 is 2.38 bits per heavy atom. The zero-order valence-electron chi connectivity index (χ0n) is 24.1. The van der Waals surface area contributed by atoms with Crippen LogP contribution in [0.3, 0.4) is 0 Å². The summed E-state index contributed by atoms with van der Waals surface area (Å²) >= 11 is 3.92. The van der Waals surface area contributed by atoms with E-state index in [1.54, 1.807) is 6.07 Å². The first-order valence-corrected chi connectivity index (χ1v) is 16.0. The Labute approximate surface area is 239 Å². The highest BCUT2D eigenvalue weighted by Crippen LogP contribution is 2.56. The summed E-state index contributed by atoms with van der Waals surface area (Å²) in [6, 6.07) is 17.8.